The number of aromatic nitrogens is 1. The lowest BCUT2D eigenvalue weighted by Crippen LogP contribution is -2.31. The third kappa shape index (κ3) is 6.19. The number of hydrogen-bond acceptors (Lipinski definition) is 5. The Labute approximate surface area is 216 Å². The minimum Gasteiger partial charge on any atom is -0.495 e. The van der Waals surface area contributed by atoms with Crippen molar-refractivity contribution in [1.82, 2.24) is 10.3 Å². The number of hydrogen-bond donors (Lipinski definition) is 2. The van der Waals surface area contributed by atoms with E-state index in [1.807, 2.05) is 41.8 Å². The van der Waals surface area contributed by atoms with E-state index < -0.39 is 6.04 Å². The summed E-state index contributed by atoms with van der Waals surface area (Å²) in [5.41, 5.74) is 2.64. The molecule has 6 nitrogen and oxygen atoms in total. The van der Waals surface area contributed by atoms with Gasteiger partial charge in [-0.05, 0) is 35.9 Å². The average molecular weight is 526 g/mol. The Balaban J connectivity index is 1.47. The van der Waals surface area contributed by atoms with Crippen molar-refractivity contribution in [2.45, 2.75) is 12.5 Å². The first kappa shape index (κ1) is 24.7. The minimum atomic E-state index is -0.556. The molecule has 0 saturated heterocycles. The smallest absolute Gasteiger partial charge is 0.253 e. The van der Waals surface area contributed by atoms with E-state index in [1.54, 1.807) is 43.5 Å². The normalized spacial score (nSPS) is 11.5. The predicted molar refractivity (Wildman–Crippen MR) is 140 cm³/mol. The predicted octanol–water partition coefficient (Wildman–Crippen LogP) is 6.63. The molecule has 0 radical (unpaired) electrons. The maximum Gasteiger partial charge on any atom is 0.253 e. The Morgan fingerprint density at radius 3 is 2.46 bits per heavy atom. The first-order valence-electron chi connectivity index (χ1n) is 10.6. The quantitative estimate of drug-likeness (QED) is 0.270. The Morgan fingerprint density at radius 1 is 1.00 bits per heavy atom. The molecule has 0 fully saturated rings. The Morgan fingerprint density at radius 2 is 1.74 bits per heavy atom. The molecule has 1 atom stereocenters. The van der Waals surface area contributed by atoms with Gasteiger partial charge in [-0.2, -0.15) is 0 Å². The number of anilines is 1. The van der Waals surface area contributed by atoms with Gasteiger partial charge in [0.1, 0.15) is 5.75 Å². The second-order valence-corrected chi connectivity index (χ2v) is 9.23. The molecule has 2 N–H and O–H groups in total. The van der Waals surface area contributed by atoms with Crippen molar-refractivity contribution in [2.24, 2.45) is 0 Å². The van der Waals surface area contributed by atoms with Crippen molar-refractivity contribution in [1.29, 1.82) is 0 Å². The van der Waals surface area contributed by atoms with E-state index in [4.69, 9.17) is 27.9 Å². The van der Waals surface area contributed by atoms with E-state index in [9.17, 15) is 9.59 Å². The summed E-state index contributed by atoms with van der Waals surface area (Å²) in [6.07, 6.45) is 0.0173. The average Bonchev–Trinajstić information content (AvgIpc) is 3.32. The number of amides is 2. The molecule has 35 heavy (non-hydrogen) atoms. The zero-order chi connectivity index (χ0) is 24.8. The number of nitrogens with zero attached hydrogens (tertiary/aromatic N) is 1. The fraction of sp³-hybridized carbons (Fsp3) is 0.115. The highest BCUT2D eigenvalue weighted by molar-refractivity contribution is 7.14. The van der Waals surface area contributed by atoms with Crippen LogP contribution in [0.4, 0.5) is 5.13 Å². The van der Waals surface area contributed by atoms with Gasteiger partial charge in [-0.3, -0.25) is 9.59 Å². The van der Waals surface area contributed by atoms with Crippen LogP contribution in [0.25, 0.3) is 11.3 Å². The summed E-state index contributed by atoms with van der Waals surface area (Å²) in [4.78, 5) is 30.3. The summed E-state index contributed by atoms with van der Waals surface area (Å²) in [5, 5.41) is 8.85. The lowest BCUT2D eigenvalue weighted by atomic mass is 10.0. The Hall–Kier alpha value is -3.39. The highest BCUT2D eigenvalue weighted by Crippen LogP contribution is 2.32. The SMILES string of the molecule is COc1ccc(-c2csc(NC(=O)CC(NC(=O)c3ccccc3Cl)c3ccccc3)n2)cc1Cl. The number of methoxy groups -OCH3 is 1. The van der Waals surface area contributed by atoms with Gasteiger partial charge in [0.15, 0.2) is 5.13 Å². The van der Waals surface area contributed by atoms with Gasteiger partial charge in [-0.25, -0.2) is 4.98 Å². The van der Waals surface area contributed by atoms with Crippen molar-refractivity contribution in [3.63, 3.8) is 0 Å². The summed E-state index contributed by atoms with van der Waals surface area (Å²) >= 11 is 13.7. The van der Waals surface area contributed by atoms with Crippen molar-refractivity contribution in [3.8, 4) is 17.0 Å². The van der Waals surface area contributed by atoms with Crippen molar-refractivity contribution < 1.29 is 14.3 Å². The number of halogens is 2. The molecule has 1 heterocycles. The molecule has 9 heteroatoms. The molecule has 4 rings (SSSR count). The van der Waals surface area contributed by atoms with Gasteiger partial charge in [0.05, 0.1) is 40.9 Å². The maximum atomic E-state index is 12.9. The lowest BCUT2D eigenvalue weighted by molar-refractivity contribution is -0.116. The van der Waals surface area contributed by atoms with E-state index >= 15 is 0 Å². The molecule has 0 aliphatic rings. The molecule has 1 unspecified atom stereocenters. The van der Waals surface area contributed by atoms with Crippen LogP contribution in [0.15, 0.2) is 78.2 Å². The molecule has 178 valence electrons. The molecule has 1 aromatic heterocycles. The fourth-order valence-electron chi connectivity index (χ4n) is 3.46. The summed E-state index contributed by atoms with van der Waals surface area (Å²) in [6.45, 7) is 0. The molecular formula is C26H21Cl2N3O3S. The van der Waals surface area contributed by atoms with E-state index in [-0.39, 0.29) is 18.2 Å². The van der Waals surface area contributed by atoms with Gasteiger partial charge in [-0.1, -0.05) is 65.7 Å². The largest absolute Gasteiger partial charge is 0.495 e. The van der Waals surface area contributed by atoms with E-state index in [0.29, 0.717) is 32.2 Å². The van der Waals surface area contributed by atoms with Gasteiger partial charge >= 0.3 is 0 Å². The molecule has 0 saturated carbocycles. The number of rotatable bonds is 8. The summed E-state index contributed by atoms with van der Waals surface area (Å²) in [7, 11) is 1.55. The highest BCUT2D eigenvalue weighted by atomic mass is 35.5. The molecular weight excluding hydrogens is 505 g/mol. The molecule has 0 aliphatic carbocycles. The van der Waals surface area contributed by atoms with Crippen molar-refractivity contribution >= 4 is 51.5 Å². The summed E-state index contributed by atoms with van der Waals surface area (Å²) in [5.74, 6) is -0.0675. The Bertz CT molecular complexity index is 1340. The highest BCUT2D eigenvalue weighted by Gasteiger charge is 2.21. The molecule has 3 aromatic carbocycles. The van der Waals surface area contributed by atoms with E-state index in [0.717, 1.165) is 11.1 Å². The van der Waals surface area contributed by atoms with Crippen LogP contribution >= 0.6 is 34.5 Å². The summed E-state index contributed by atoms with van der Waals surface area (Å²) in [6, 6.07) is 20.9. The maximum absolute atomic E-state index is 12.9. The number of carbonyl (C=O) groups is 2. The van der Waals surface area contributed by atoms with Gasteiger partial charge in [0, 0.05) is 10.9 Å². The Kier molecular flexibility index (Phi) is 8.02. The number of thiazole rings is 1. The standard InChI is InChI=1S/C26H21Cl2N3O3S/c1-34-23-12-11-17(13-20(23)28)22-15-35-26(30-22)31-24(32)14-21(16-7-3-2-4-8-16)29-25(33)18-9-5-6-10-19(18)27/h2-13,15,21H,14H2,1H3,(H,29,33)(H,30,31,32). The minimum absolute atomic E-state index is 0.0173. The number of ether oxygens (including phenoxy) is 1. The van der Waals surface area contributed by atoms with Crippen LogP contribution in [0.1, 0.15) is 28.4 Å². The molecule has 4 aromatic rings. The third-order valence-electron chi connectivity index (χ3n) is 5.21. The van der Waals surface area contributed by atoms with Crippen LogP contribution in [-0.2, 0) is 4.79 Å². The number of carbonyl (C=O) groups excluding carboxylic acids is 2. The molecule has 2 amide bonds. The van der Waals surface area contributed by atoms with Crippen LogP contribution in [0.5, 0.6) is 5.75 Å². The third-order valence-corrected chi connectivity index (χ3v) is 6.60. The van der Waals surface area contributed by atoms with Crippen LogP contribution in [0.3, 0.4) is 0 Å². The van der Waals surface area contributed by atoms with Gasteiger partial charge < -0.3 is 15.4 Å². The monoisotopic (exact) mass is 525 g/mol. The molecule has 0 spiro atoms. The van der Waals surface area contributed by atoms with E-state index in [2.05, 4.69) is 15.6 Å². The second-order valence-electron chi connectivity index (χ2n) is 7.56. The molecule has 0 aliphatic heterocycles. The van der Waals surface area contributed by atoms with Gasteiger partial charge in [0.2, 0.25) is 5.91 Å². The van der Waals surface area contributed by atoms with Crippen LogP contribution < -0.4 is 15.4 Å². The fourth-order valence-corrected chi connectivity index (χ4v) is 4.68. The van der Waals surface area contributed by atoms with Gasteiger partial charge in [-0.15, -0.1) is 11.3 Å². The van der Waals surface area contributed by atoms with Crippen molar-refractivity contribution in [2.75, 3.05) is 12.4 Å². The van der Waals surface area contributed by atoms with E-state index in [1.165, 1.54) is 11.3 Å². The zero-order valence-corrected chi connectivity index (χ0v) is 21.0. The summed E-state index contributed by atoms with van der Waals surface area (Å²) < 4.78 is 5.19. The number of benzene rings is 3. The van der Waals surface area contributed by atoms with Crippen LogP contribution in [0.2, 0.25) is 10.0 Å². The molecule has 0 bridgehead atoms. The topological polar surface area (TPSA) is 80.3 Å². The second kappa shape index (κ2) is 11.4. The first-order valence-corrected chi connectivity index (χ1v) is 12.3. The zero-order valence-electron chi connectivity index (χ0n) is 18.6. The van der Waals surface area contributed by atoms with Crippen molar-refractivity contribution in [3.05, 3.63) is 99.3 Å². The first-order chi connectivity index (χ1) is 16.9. The lowest BCUT2D eigenvalue weighted by Gasteiger charge is -2.19. The van der Waals surface area contributed by atoms with Gasteiger partial charge in [0.25, 0.3) is 5.91 Å². The van der Waals surface area contributed by atoms with Crippen LogP contribution in [0, 0.1) is 0 Å². The van der Waals surface area contributed by atoms with Crippen LogP contribution in [-0.4, -0.2) is 23.9 Å². The number of nitrogens with one attached hydrogen (secondary N) is 2.